The van der Waals surface area contributed by atoms with Gasteiger partial charge in [0.15, 0.2) is 0 Å². The second kappa shape index (κ2) is 10.9. The molecule has 2 N–H and O–H groups in total. The Morgan fingerprint density at radius 2 is 1.79 bits per heavy atom. The summed E-state index contributed by atoms with van der Waals surface area (Å²) in [5.41, 5.74) is -3.80. The number of rotatable bonds is 10. The van der Waals surface area contributed by atoms with Gasteiger partial charge in [-0.2, -0.15) is 26.3 Å². The normalized spacial score (nSPS) is 20.9. The highest BCUT2D eigenvalue weighted by Gasteiger charge is 2.41. The average Bonchev–Trinajstić information content (AvgIpc) is 3.52. The van der Waals surface area contributed by atoms with Gasteiger partial charge in [0.1, 0.15) is 11.6 Å². The second-order valence-corrected chi connectivity index (χ2v) is 10.9. The fraction of sp³-hybridized carbons (Fsp3) is 0.654. The Hall–Kier alpha value is -2.63. The van der Waals surface area contributed by atoms with Gasteiger partial charge in [-0.15, -0.1) is 10.2 Å². The van der Waals surface area contributed by atoms with Crippen LogP contribution in [0.25, 0.3) is 0 Å². The van der Waals surface area contributed by atoms with Crippen molar-refractivity contribution in [3.8, 4) is 0 Å². The van der Waals surface area contributed by atoms with Crippen LogP contribution in [-0.4, -0.2) is 32.4 Å². The largest absolute Gasteiger partial charge is 0.418 e. The van der Waals surface area contributed by atoms with E-state index in [9.17, 15) is 36.2 Å². The molecule has 0 bridgehead atoms. The number of aromatic nitrogens is 3. The summed E-state index contributed by atoms with van der Waals surface area (Å²) in [6.45, 7) is 4.09. The van der Waals surface area contributed by atoms with E-state index in [1.54, 1.807) is 0 Å². The number of aliphatic hydroxyl groups is 1. The monoisotopic (exact) mass is 546 g/mol. The highest BCUT2D eigenvalue weighted by molar-refractivity contribution is 5.92. The molecule has 1 aromatic heterocycles. The summed E-state index contributed by atoms with van der Waals surface area (Å²) < 4.78 is 81.5. The molecule has 0 saturated heterocycles. The first-order valence-corrected chi connectivity index (χ1v) is 12.9. The third-order valence-electron chi connectivity index (χ3n) is 7.27. The number of carbonyl (C=O) groups is 1. The lowest BCUT2D eigenvalue weighted by molar-refractivity contribution is -0.142. The molecule has 0 aliphatic heterocycles. The highest BCUT2D eigenvalue weighted by Crippen LogP contribution is 2.48. The number of hydrogen-bond acceptors (Lipinski definition) is 4. The molecule has 2 aliphatic rings. The van der Waals surface area contributed by atoms with Crippen LogP contribution in [0.5, 0.6) is 0 Å². The van der Waals surface area contributed by atoms with E-state index in [1.165, 1.54) is 0 Å². The SMILES string of the molecule is CC(C)CC1CC(c2nnc([C@@H](CCO)CC(=O)Nc3ccc(C(F)(F)F)cc3C(F)(F)F)n2C2CC2)C1. The molecule has 2 aliphatic carbocycles. The van der Waals surface area contributed by atoms with Gasteiger partial charge in [0.25, 0.3) is 0 Å². The lowest BCUT2D eigenvalue weighted by atomic mass is 9.71. The average molecular weight is 547 g/mol. The minimum Gasteiger partial charge on any atom is -0.396 e. The van der Waals surface area contributed by atoms with Crippen LogP contribution in [-0.2, 0) is 17.1 Å². The lowest BCUT2D eigenvalue weighted by Crippen LogP contribution is -2.26. The number of benzene rings is 1. The third-order valence-corrected chi connectivity index (χ3v) is 7.27. The van der Waals surface area contributed by atoms with E-state index in [0.717, 1.165) is 37.9 Å². The summed E-state index contributed by atoms with van der Waals surface area (Å²) in [6.07, 6.45) is -5.23. The molecule has 12 heteroatoms. The number of anilines is 1. The van der Waals surface area contributed by atoms with Gasteiger partial charge in [-0.25, -0.2) is 0 Å². The van der Waals surface area contributed by atoms with E-state index >= 15 is 0 Å². The van der Waals surface area contributed by atoms with Crippen LogP contribution in [0, 0.1) is 11.8 Å². The maximum absolute atomic E-state index is 13.5. The Labute approximate surface area is 216 Å². The van der Waals surface area contributed by atoms with E-state index in [0.29, 0.717) is 29.8 Å². The fourth-order valence-corrected chi connectivity index (χ4v) is 5.35. The molecule has 1 amide bonds. The molecule has 6 nitrogen and oxygen atoms in total. The third kappa shape index (κ3) is 6.50. The minimum atomic E-state index is -5.11. The van der Waals surface area contributed by atoms with Gasteiger partial charge in [0, 0.05) is 30.9 Å². The summed E-state index contributed by atoms with van der Waals surface area (Å²) in [5.74, 6) is 1.42. The molecule has 0 spiro atoms. The molecule has 2 saturated carbocycles. The highest BCUT2D eigenvalue weighted by atomic mass is 19.4. The standard InChI is InChI=1S/C26H32F6N4O2/c1-14(2)9-15-10-17(11-15)24-35-34-23(36(24)19-4-5-19)16(7-8-37)12-22(38)33-21-6-3-18(25(27,28)29)13-20(21)26(30,31)32/h3,6,13-17,19,37H,4-5,7-12H2,1-2H3,(H,33,38)/t15?,16-,17?/m0/s1. The van der Waals surface area contributed by atoms with Crippen molar-refractivity contribution >= 4 is 11.6 Å². The van der Waals surface area contributed by atoms with Gasteiger partial charge in [0.2, 0.25) is 5.91 Å². The zero-order valence-corrected chi connectivity index (χ0v) is 21.2. The Kier molecular flexibility index (Phi) is 8.11. The minimum absolute atomic E-state index is 0.0119. The van der Waals surface area contributed by atoms with E-state index in [2.05, 4.69) is 29.4 Å². The van der Waals surface area contributed by atoms with Crippen molar-refractivity contribution in [3.63, 3.8) is 0 Å². The number of halogens is 6. The van der Waals surface area contributed by atoms with Crippen LogP contribution in [0.4, 0.5) is 32.0 Å². The van der Waals surface area contributed by atoms with Crippen LogP contribution in [0.3, 0.4) is 0 Å². The predicted molar refractivity (Wildman–Crippen MR) is 127 cm³/mol. The Morgan fingerprint density at radius 1 is 1.11 bits per heavy atom. The lowest BCUT2D eigenvalue weighted by Gasteiger charge is -2.36. The second-order valence-electron chi connectivity index (χ2n) is 10.9. The molecule has 210 valence electrons. The Bertz CT molecular complexity index is 1130. The van der Waals surface area contributed by atoms with Gasteiger partial charge in [-0.3, -0.25) is 4.79 Å². The zero-order valence-electron chi connectivity index (χ0n) is 21.2. The van der Waals surface area contributed by atoms with Crippen molar-refractivity contribution < 1.29 is 36.2 Å². The van der Waals surface area contributed by atoms with E-state index in [-0.39, 0.29) is 37.5 Å². The summed E-state index contributed by atoms with van der Waals surface area (Å²) in [5, 5.41) is 20.6. The quantitative estimate of drug-likeness (QED) is 0.326. The summed E-state index contributed by atoms with van der Waals surface area (Å²) >= 11 is 0. The smallest absolute Gasteiger partial charge is 0.396 e. The van der Waals surface area contributed by atoms with Crippen LogP contribution in [0.1, 0.15) is 99.4 Å². The number of nitrogens with one attached hydrogen (secondary N) is 1. The van der Waals surface area contributed by atoms with Crippen LogP contribution >= 0.6 is 0 Å². The molecule has 2 aromatic rings. The molecule has 1 atom stereocenters. The van der Waals surface area contributed by atoms with Gasteiger partial charge in [-0.05, 0) is 68.6 Å². The molecule has 0 unspecified atom stereocenters. The van der Waals surface area contributed by atoms with Crippen molar-refractivity contribution in [2.75, 3.05) is 11.9 Å². The molecule has 2 fully saturated rings. The number of carbonyl (C=O) groups excluding carboxylic acids is 1. The maximum atomic E-state index is 13.5. The van der Waals surface area contributed by atoms with Gasteiger partial charge >= 0.3 is 12.4 Å². The summed E-state index contributed by atoms with van der Waals surface area (Å²) in [6, 6.07) is 1.29. The molecule has 1 aromatic carbocycles. The van der Waals surface area contributed by atoms with Crippen molar-refractivity contribution in [1.82, 2.24) is 14.8 Å². The van der Waals surface area contributed by atoms with Crippen molar-refractivity contribution in [2.45, 2.75) is 89.0 Å². The number of aliphatic hydroxyl groups excluding tert-OH is 1. The van der Waals surface area contributed by atoms with Crippen molar-refractivity contribution in [1.29, 1.82) is 0 Å². The fourth-order valence-electron chi connectivity index (χ4n) is 5.35. The van der Waals surface area contributed by atoms with Gasteiger partial charge < -0.3 is 15.0 Å². The number of amides is 1. The van der Waals surface area contributed by atoms with Crippen LogP contribution in [0.2, 0.25) is 0 Å². The Balaban J connectivity index is 1.53. The van der Waals surface area contributed by atoms with Gasteiger partial charge in [-0.1, -0.05) is 13.8 Å². The Morgan fingerprint density at radius 3 is 2.34 bits per heavy atom. The summed E-state index contributed by atoms with van der Waals surface area (Å²) in [7, 11) is 0. The number of hydrogen-bond donors (Lipinski definition) is 2. The molecule has 0 radical (unpaired) electrons. The van der Waals surface area contributed by atoms with E-state index in [1.807, 2.05) is 4.57 Å². The molecule has 38 heavy (non-hydrogen) atoms. The number of nitrogens with zero attached hydrogens (tertiary/aromatic N) is 3. The van der Waals surface area contributed by atoms with Crippen molar-refractivity contribution in [2.24, 2.45) is 11.8 Å². The molecule has 1 heterocycles. The van der Waals surface area contributed by atoms with Crippen molar-refractivity contribution in [3.05, 3.63) is 41.0 Å². The number of alkyl halides is 6. The van der Waals surface area contributed by atoms with E-state index in [4.69, 9.17) is 0 Å². The molecular weight excluding hydrogens is 514 g/mol. The van der Waals surface area contributed by atoms with Gasteiger partial charge in [0.05, 0.1) is 16.8 Å². The van der Waals surface area contributed by atoms with E-state index < -0.39 is 41.0 Å². The first kappa shape index (κ1) is 28.4. The molecular formula is C26H32F6N4O2. The predicted octanol–water partition coefficient (Wildman–Crippen LogP) is 6.69. The topological polar surface area (TPSA) is 80.0 Å². The summed E-state index contributed by atoms with van der Waals surface area (Å²) in [4.78, 5) is 12.8. The molecule has 4 rings (SSSR count). The van der Waals surface area contributed by atoms with Crippen LogP contribution in [0.15, 0.2) is 18.2 Å². The van der Waals surface area contributed by atoms with Crippen LogP contribution < -0.4 is 5.32 Å². The maximum Gasteiger partial charge on any atom is 0.418 e. The first-order valence-electron chi connectivity index (χ1n) is 12.9. The first-order chi connectivity index (χ1) is 17.8. The zero-order chi connectivity index (χ0) is 27.8.